The number of hydrogen-bond acceptors (Lipinski definition) is 6. The van der Waals surface area contributed by atoms with E-state index >= 15 is 0 Å². The van der Waals surface area contributed by atoms with Crippen LogP contribution in [0.2, 0.25) is 0 Å². The molecular formula is C19H22N4O4. The summed E-state index contributed by atoms with van der Waals surface area (Å²) >= 11 is 0. The largest absolute Gasteiger partial charge is 0.508 e. The van der Waals surface area contributed by atoms with Gasteiger partial charge in [0.25, 0.3) is 5.69 Å². The van der Waals surface area contributed by atoms with Crippen molar-refractivity contribution >= 4 is 23.0 Å². The van der Waals surface area contributed by atoms with Crippen LogP contribution in [0.25, 0.3) is 0 Å². The first-order chi connectivity index (χ1) is 12.9. The van der Waals surface area contributed by atoms with E-state index in [-0.39, 0.29) is 23.4 Å². The van der Waals surface area contributed by atoms with Gasteiger partial charge in [-0.15, -0.1) is 0 Å². The first-order valence-corrected chi connectivity index (χ1v) is 8.77. The summed E-state index contributed by atoms with van der Waals surface area (Å²) in [4.78, 5) is 27.0. The van der Waals surface area contributed by atoms with Crippen LogP contribution >= 0.6 is 0 Å². The second-order valence-electron chi connectivity index (χ2n) is 6.51. The minimum absolute atomic E-state index is 0.00796. The third-order valence-corrected chi connectivity index (χ3v) is 4.80. The van der Waals surface area contributed by atoms with Gasteiger partial charge in [-0.05, 0) is 43.3 Å². The quantitative estimate of drug-likeness (QED) is 0.620. The molecule has 3 rings (SSSR count). The summed E-state index contributed by atoms with van der Waals surface area (Å²) in [5.74, 6) is 0.107. The third kappa shape index (κ3) is 4.53. The molecule has 1 heterocycles. The van der Waals surface area contributed by atoms with Crippen LogP contribution < -0.4 is 10.2 Å². The molecule has 2 N–H and O–H groups in total. The van der Waals surface area contributed by atoms with Crippen molar-refractivity contribution in [2.24, 2.45) is 0 Å². The molecule has 1 aliphatic heterocycles. The van der Waals surface area contributed by atoms with Crippen molar-refractivity contribution in [3.05, 3.63) is 58.6 Å². The Bertz CT molecular complexity index is 799. The Hall–Kier alpha value is -3.13. The second kappa shape index (κ2) is 8.05. The molecule has 2 aromatic carbocycles. The Morgan fingerprint density at radius 2 is 1.67 bits per heavy atom. The molecule has 8 heteroatoms. The van der Waals surface area contributed by atoms with Crippen LogP contribution in [0.4, 0.5) is 17.1 Å². The van der Waals surface area contributed by atoms with E-state index in [1.54, 1.807) is 12.1 Å². The number of nitro benzene ring substituents is 1. The molecule has 1 aliphatic rings. The summed E-state index contributed by atoms with van der Waals surface area (Å²) in [6.07, 6.45) is 0. The highest BCUT2D eigenvalue weighted by Gasteiger charge is 2.25. The van der Waals surface area contributed by atoms with Gasteiger partial charge in [0.1, 0.15) is 5.75 Å². The van der Waals surface area contributed by atoms with E-state index in [0.29, 0.717) is 5.69 Å². The number of rotatable bonds is 5. The maximum Gasteiger partial charge on any atom is 0.269 e. The summed E-state index contributed by atoms with van der Waals surface area (Å²) < 4.78 is 0. The minimum Gasteiger partial charge on any atom is -0.508 e. The molecule has 1 saturated heterocycles. The first kappa shape index (κ1) is 18.7. The minimum atomic E-state index is -0.470. The Balaban J connectivity index is 1.53. The highest BCUT2D eigenvalue weighted by Crippen LogP contribution is 2.21. The van der Waals surface area contributed by atoms with Gasteiger partial charge in [0.05, 0.1) is 11.0 Å². The van der Waals surface area contributed by atoms with Crippen molar-refractivity contribution < 1.29 is 14.8 Å². The zero-order chi connectivity index (χ0) is 19.4. The Kier molecular flexibility index (Phi) is 5.56. The summed E-state index contributed by atoms with van der Waals surface area (Å²) in [5.41, 5.74) is 1.59. The number of non-ortho nitro benzene ring substituents is 1. The molecule has 1 atom stereocenters. The highest BCUT2D eigenvalue weighted by atomic mass is 16.6. The molecule has 0 spiro atoms. The fourth-order valence-electron chi connectivity index (χ4n) is 3.11. The fraction of sp³-hybridized carbons (Fsp3) is 0.316. The lowest BCUT2D eigenvalue weighted by molar-refractivity contribution is -0.384. The predicted molar refractivity (Wildman–Crippen MR) is 103 cm³/mol. The lowest BCUT2D eigenvalue weighted by atomic mass is 10.2. The van der Waals surface area contributed by atoms with Gasteiger partial charge >= 0.3 is 0 Å². The molecular weight excluding hydrogens is 348 g/mol. The van der Waals surface area contributed by atoms with E-state index in [0.717, 1.165) is 31.9 Å². The molecule has 0 radical (unpaired) electrons. The number of hydrogen-bond donors (Lipinski definition) is 2. The second-order valence-corrected chi connectivity index (χ2v) is 6.51. The highest BCUT2D eigenvalue weighted by molar-refractivity contribution is 5.94. The van der Waals surface area contributed by atoms with Crippen molar-refractivity contribution in [1.82, 2.24) is 4.90 Å². The molecule has 0 aliphatic carbocycles. The third-order valence-electron chi connectivity index (χ3n) is 4.80. The van der Waals surface area contributed by atoms with Gasteiger partial charge < -0.3 is 15.3 Å². The van der Waals surface area contributed by atoms with Crippen molar-refractivity contribution in [2.75, 3.05) is 36.4 Å². The lowest BCUT2D eigenvalue weighted by Crippen LogP contribution is -2.52. The van der Waals surface area contributed by atoms with E-state index in [9.17, 15) is 20.0 Å². The lowest BCUT2D eigenvalue weighted by Gasteiger charge is -2.38. The van der Waals surface area contributed by atoms with Crippen LogP contribution in [0.3, 0.4) is 0 Å². The molecule has 1 amide bonds. The van der Waals surface area contributed by atoms with E-state index in [2.05, 4.69) is 15.1 Å². The van der Waals surface area contributed by atoms with Crippen LogP contribution in [0.15, 0.2) is 48.5 Å². The van der Waals surface area contributed by atoms with Crippen LogP contribution in [-0.2, 0) is 4.79 Å². The number of amides is 1. The van der Waals surface area contributed by atoms with Gasteiger partial charge in [-0.25, -0.2) is 0 Å². The maximum absolute atomic E-state index is 12.5. The van der Waals surface area contributed by atoms with Crippen molar-refractivity contribution in [3.8, 4) is 5.75 Å². The van der Waals surface area contributed by atoms with Gasteiger partial charge in [0.2, 0.25) is 5.91 Å². The average Bonchev–Trinajstić information content (AvgIpc) is 2.68. The fourth-order valence-corrected chi connectivity index (χ4v) is 3.11. The Morgan fingerprint density at radius 1 is 1.07 bits per heavy atom. The van der Waals surface area contributed by atoms with Gasteiger partial charge in [-0.2, -0.15) is 0 Å². The number of nitrogens with zero attached hydrogens (tertiary/aromatic N) is 3. The number of nitro groups is 1. The van der Waals surface area contributed by atoms with Gasteiger partial charge in [-0.1, -0.05) is 0 Å². The normalized spacial score (nSPS) is 16.0. The monoisotopic (exact) mass is 370 g/mol. The number of phenolic OH excluding ortho intramolecular Hbond substituents is 1. The summed E-state index contributed by atoms with van der Waals surface area (Å²) in [7, 11) is 0. The van der Waals surface area contributed by atoms with Crippen molar-refractivity contribution in [1.29, 1.82) is 0 Å². The Labute approximate surface area is 157 Å². The number of benzene rings is 2. The molecule has 27 heavy (non-hydrogen) atoms. The molecule has 0 saturated carbocycles. The van der Waals surface area contributed by atoms with E-state index in [4.69, 9.17) is 0 Å². The van der Waals surface area contributed by atoms with E-state index in [1.165, 1.54) is 24.3 Å². The standard InChI is InChI=1S/C19H22N4O4/c1-14(19(25)20-15-2-4-17(5-3-15)23(26)27)21-10-12-22(13-11-21)16-6-8-18(24)9-7-16/h2-9,14,24H,10-13H2,1H3,(H,20,25)/t14-/m0/s1. The van der Waals surface area contributed by atoms with Gasteiger partial charge in [-0.3, -0.25) is 19.8 Å². The number of carbonyl (C=O) groups is 1. The topological polar surface area (TPSA) is 98.9 Å². The average molecular weight is 370 g/mol. The maximum atomic E-state index is 12.5. The Morgan fingerprint density at radius 3 is 2.22 bits per heavy atom. The smallest absolute Gasteiger partial charge is 0.269 e. The number of nitrogens with one attached hydrogen (secondary N) is 1. The molecule has 0 aromatic heterocycles. The first-order valence-electron chi connectivity index (χ1n) is 8.77. The predicted octanol–water partition coefficient (Wildman–Crippen LogP) is 2.45. The molecule has 2 aromatic rings. The molecule has 142 valence electrons. The van der Waals surface area contributed by atoms with Gasteiger partial charge in [0, 0.05) is 49.7 Å². The number of carbonyl (C=O) groups excluding carboxylic acids is 1. The summed E-state index contributed by atoms with van der Waals surface area (Å²) in [5, 5.41) is 22.9. The van der Waals surface area contributed by atoms with Crippen molar-refractivity contribution in [3.63, 3.8) is 0 Å². The number of anilines is 2. The summed E-state index contributed by atoms with van der Waals surface area (Å²) in [6.45, 7) is 4.93. The van der Waals surface area contributed by atoms with Gasteiger partial charge in [0.15, 0.2) is 0 Å². The molecule has 8 nitrogen and oxygen atoms in total. The SMILES string of the molecule is C[C@@H](C(=O)Nc1ccc([N+](=O)[O-])cc1)N1CCN(c2ccc(O)cc2)CC1. The number of aromatic hydroxyl groups is 1. The zero-order valence-corrected chi connectivity index (χ0v) is 15.0. The molecule has 0 unspecified atom stereocenters. The van der Waals surface area contributed by atoms with E-state index in [1.807, 2.05) is 19.1 Å². The van der Waals surface area contributed by atoms with Crippen molar-refractivity contribution in [2.45, 2.75) is 13.0 Å². The zero-order valence-electron chi connectivity index (χ0n) is 15.0. The summed E-state index contributed by atoms with van der Waals surface area (Å²) in [6, 6.07) is 12.6. The van der Waals surface area contributed by atoms with Crippen LogP contribution in [0.1, 0.15) is 6.92 Å². The number of piperazine rings is 1. The van der Waals surface area contributed by atoms with E-state index < -0.39 is 4.92 Å². The van der Waals surface area contributed by atoms with Crippen LogP contribution in [0.5, 0.6) is 5.75 Å². The molecule has 0 bridgehead atoms. The molecule has 1 fully saturated rings. The number of phenols is 1. The van der Waals surface area contributed by atoms with Crippen LogP contribution in [0, 0.1) is 10.1 Å². The van der Waals surface area contributed by atoms with Crippen LogP contribution in [-0.4, -0.2) is 53.1 Å².